The van der Waals surface area contributed by atoms with E-state index in [1.54, 1.807) is 6.07 Å². The third-order valence-electron chi connectivity index (χ3n) is 3.47. The van der Waals surface area contributed by atoms with Crippen molar-refractivity contribution in [3.05, 3.63) is 76.3 Å². The van der Waals surface area contributed by atoms with Crippen molar-refractivity contribution in [3.8, 4) is 5.75 Å². The van der Waals surface area contributed by atoms with Crippen LogP contribution in [0.5, 0.6) is 5.75 Å². The molecule has 3 aromatic rings. The summed E-state index contributed by atoms with van der Waals surface area (Å²) >= 11 is 3.45. The van der Waals surface area contributed by atoms with Crippen molar-refractivity contribution < 1.29 is 5.11 Å². The molecule has 20 heavy (non-hydrogen) atoms. The summed E-state index contributed by atoms with van der Waals surface area (Å²) in [6.45, 7) is 0. The summed E-state index contributed by atoms with van der Waals surface area (Å²) in [5.74, 6) is 0.233. The van der Waals surface area contributed by atoms with Crippen LogP contribution in [0.1, 0.15) is 17.2 Å². The van der Waals surface area contributed by atoms with E-state index in [1.165, 1.54) is 0 Å². The van der Waals surface area contributed by atoms with Crippen molar-refractivity contribution in [3.63, 3.8) is 0 Å². The van der Waals surface area contributed by atoms with Gasteiger partial charge < -0.3 is 10.8 Å². The Balaban J connectivity index is 2.21. The minimum Gasteiger partial charge on any atom is -0.508 e. The van der Waals surface area contributed by atoms with Gasteiger partial charge in [0.2, 0.25) is 0 Å². The fraction of sp³-hybridized carbons (Fsp3) is 0.0588. The zero-order valence-electron chi connectivity index (χ0n) is 10.8. The predicted molar refractivity (Wildman–Crippen MR) is 85.8 cm³/mol. The predicted octanol–water partition coefficient (Wildman–Crippen LogP) is 4.36. The van der Waals surface area contributed by atoms with Crippen LogP contribution in [0.3, 0.4) is 0 Å². The average Bonchev–Trinajstić information content (AvgIpc) is 2.46. The highest BCUT2D eigenvalue weighted by atomic mass is 79.9. The van der Waals surface area contributed by atoms with Gasteiger partial charge in [0.15, 0.2) is 0 Å². The molecule has 3 rings (SSSR count). The summed E-state index contributed by atoms with van der Waals surface area (Å²) in [7, 11) is 0. The molecule has 0 amide bonds. The second-order valence-electron chi connectivity index (χ2n) is 4.75. The van der Waals surface area contributed by atoms with E-state index in [1.807, 2.05) is 54.6 Å². The number of phenolic OH excluding ortho intramolecular Hbond substituents is 1. The lowest BCUT2D eigenvalue weighted by Gasteiger charge is -2.17. The van der Waals surface area contributed by atoms with Crippen LogP contribution in [0, 0.1) is 0 Å². The molecule has 0 heterocycles. The van der Waals surface area contributed by atoms with E-state index >= 15 is 0 Å². The van der Waals surface area contributed by atoms with Gasteiger partial charge in [-0.05, 0) is 34.5 Å². The number of hydrogen-bond donors (Lipinski definition) is 2. The molecule has 100 valence electrons. The van der Waals surface area contributed by atoms with Crippen molar-refractivity contribution in [2.45, 2.75) is 6.04 Å². The molecule has 0 aliphatic rings. The lowest BCUT2D eigenvalue weighted by molar-refractivity contribution is 0.466. The van der Waals surface area contributed by atoms with Gasteiger partial charge in [-0.3, -0.25) is 0 Å². The first kappa shape index (κ1) is 13.2. The number of hydrogen-bond acceptors (Lipinski definition) is 2. The number of aromatic hydroxyl groups is 1. The quantitative estimate of drug-likeness (QED) is 0.734. The van der Waals surface area contributed by atoms with E-state index in [0.29, 0.717) is 0 Å². The summed E-state index contributed by atoms with van der Waals surface area (Å²) in [5, 5.41) is 12.3. The molecule has 0 fully saturated rings. The van der Waals surface area contributed by atoms with E-state index in [-0.39, 0.29) is 11.8 Å². The number of halogens is 1. The molecular formula is C17H14BrNO. The highest BCUT2D eigenvalue weighted by Crippen LogP contribution is 2.34. The van der Waals surface area contributed by atoms with Gasteiger partial charge in [-0.25, -0.2) is 0 Å². The Kier molecular flexibility index (Phi) is 3.47. The van der Waals surface area contributed by atoms with Crippen molar-refractivity contribution >= 4 is 26.7 Å². The van der Waals surface area contributed by atoms with Gasteiger partial charge in [-0.1, -0.05) is 58.4 Å². The third-order valence-corrected chi connectivity index (χ3v) is 3.96. The molecule has 3 heteroatoms. The normalized spacial score (nSPS) is 12.5. The molecule has 0 aliphatic carbocycles. The molecule has 0 bridgehead atoms. The number of rotatable bonds is 2. The smallest absolute Gasteiger partial charge is 0.121 e. The minimum atomic E-state index is -0.362. The molecule has 3 aromatic carbocycles. The third kappa shape index (κ3) is 2.30. The fourth-order valence-electron chi connectivity index (χ4n) is 2.48. The molecule has 0 aromatic heterocycles. The van der Waals surface area contributed by atoms with E-state index in [2.05, 4.69) is 15.9 Å². The standard InChI is InChI=1S/C17H14BrNO/c18-13-6-3-5-12(10-13)17(19)16-14-7-2-1-4-11(14)8-9-15(16)20/h1-10,17,20H,19H2. The van der Waals surface area contributed by atoms with Crippen molar-refractivity contribution in [1.29, 1.82) is 0 Å². The van der Waals surface area contributed by atoms with Crippen LogP contribution in [0.2, 0.25) is 0 Å². The molecule has 1 unspecified atom stereocenters. The Morgan fingerprint density at radius 1 is 0.950 bits per heavy atom. The molecule has 1 atom stereocenters. The first-order valence-electron chi connectivity index (χ1n) is 6.38. The lowest BCUT2D eigenvalue weighted by atomic mass is 9.93. The second kappa shape index (κ2) is 5.27. The SMILES string of the molecule is NC(c1cccc(Br)c1)c1c(O)ccc2ccccc12. The van der Waals surface area contributed by atoms with Gasteiger partial charge >= 0.3 is 0 Å². The maximum atomic E-state index is 10.2. The van der Waals surface area contributed by atoms with Gasteiger partial charge in [0, 0.05) is 10.0 Å². The molecule has 3 N–H and O–H groups in total. The summed E-state index contributed by atoms with van der Waals surface area (Å²) in [5.41, 5.74) is 8.10. The molecule has 0 radical (unpaired) electrons. The van der Waals surface area contributed by atoms with E-state index < -0.39 is 0 Å². The van der Waals surface area contributed by atoms with Crippen LogP contribution in [0.25, 0.3) is 10.8 Å². The Morgan fingerprint density at radius 2 is 1.75 bits per heavy atom. The maximum Gasteiger partial charge on any atom is 0.121 e. The Hall–Kier alpha value is -1.84. The van der Waals surface area contributed by atoms with E-state index in [9.17, 15) is 5.11 Å². The Bertz CT molecular complexity index is 770. The van der Waals surface area contributed by atoms with Crippen LogP contribution in [-0.4, -0.2) is 5.11 Å². The lowest BCUT2D eigenvalue weighted by Crippen LogP contribution is -2.12. The average molecular weight is 328 g/mol. The van der Waals surface area contributed by atoms with Crippen LogP contribution >= 0.6 is 15.9 Å². The molecule has 2 nitrogen and oxygen atoms in total. The summed E-state index contributed by atoms with van der Waals surface area (Å²) < 4.78 is 0.977. The fourth-order valence-corrected chi connectivity index (χ4v) is 2.89. The largest absolute Gasteiger partial charge is 0.508 e. The van der Waals surface area contributed by atoms with E-state index in [4.69, 9.17) is 5.73 Å². The van der Waals surface area contributed by atoms with Gasteiger partial charge in [-0.2, -0.15) is 0 Å². The Morgan fingerprint density at radius 3 is 2.55 bits per heavy atom. The Labute approximate surface area is 126 Å². The highest BCUT2D eigenvalue weighted by Gasteiger charge is 2.16. The van der Waals surface area contributed by atoms with Gasteiger partial charge in [0.25, 0.3) is 0 Å². The number of benzene rings is 3. The van der Waals surface area contributed by atoms with Gasteiger partial charge in [0.05, 0.1) is 6.04 Å². The topological polar surface area (TPSA) is 46.2 Å². The molecule has 0 saturated carbocycles. The zero-order chi connectivity index (χ0) is 14.1. The summed E-state index contributed by atoms with van der Waals surface area (Å²) in [6, 6.07) is 19.0. The molecule has 0 saturated heterocycles. The number of fused-ring (bicyclic) bond motifs is 1. The maximum absolute atomic E-state index is 10.2. The van der Waals surface area contributed by atoms with Crippen LogP contribution in [0.15, 0.2) is 65.1 Å². The highest BCUT2D eigenvalue weighted by molar-refractivity contribution is 9.10. The summed E-state index contributed by atoms with van der Waals surface area (Å²) in [4.78, 5) is 0. The molecule has 0 spiro atoms. The van der Waals surface area contributed by atoms with Gasteiger partial charge in [-0.15, -0.1) is 0 Å². The zero-order valence-corrected chi connectivity index (χ0v) is 12.3. The minimum absolute atomic E-state index is 0.233. The number of nitrogens with two attached hydrogens (primary N) is 1. The van der Waals surface area contributed by atoms with Crippen molar-refractivity contribution in [1.82, 2.24) is 0 Å². The first-order valence-corrected chi connectivity index (χ1v) is 7.18. The summed E-state index contributed by atoms with van der Waals surface area (Å²) in [6.07, 6.45) is 0. The molecular weight excluding hydrogens is 314 g/mol. The monoisotopic (exact) mass is 327 g/mol. The van der Waals surface area contributed by atoms with Gasteiger partial charge in [0.1, 0.15) is 5.75 Å². The van der Waals surface area contributed by atoms with Crippen molar-refractivity contribution in [2.24, 2.45) is 5.73 Å². The van der Waals surface area contributed by atoms with E-state index in [0.717, 1.165) is 26.4 Å². The van der Waals surface area contributed by atoms with Crippen LogP contribution in [0.4, 0.5) is 0 Å². The van der Waals surface area contributed by atoms with Crippen LogP contribution < -0.4 is 5.73 Å². The second-order valence-corrected chi connectivity index (χ2v) is 5.67. The van der Waals surface area contributed by atoms with Crippen LogP contribution in [-0.2, 0) is 0 Å². The number of phenols is 1. The molecule has 0 aliphatic heterocycles. The first-order chi connectivity index (χ1) is 9.66. The van der Waals surface area contributed by atoms with Crippen molar-refractivity contribution in [2.75, 3.05) is 0 Å².